The summed E-state index contributed by atoms with van der Waals surface area (Å²) in [6, 6.07) is 65.8. The van der Waals surface area contributed by atoms with Gasteiger partial charge in [0, 0.05) is 52.3 Å². The van der Waals surface area contributed by atoms with Gasteiger partial charge in [0.1, 0.15) is 0 Å². The van der Waals surface area contributed by atoms with Crippen LogP contribution in [0.15, 0.2) is 182 Å². The molecule has 2 nitrogen and oxygen atoms in total. The number of hydrogen-bond acceptors (Lipinski definition) is 2. The van der Waals surface area contributed by atoms with E-state index in [1.807, 2.05) is 0 Å². The van der Waals surface area contributed by atoms with Gasteiger partial charge in [-0.05, 0) is 115 Å². The third-order valence-electron chi connectivity index (χ3n) is 10.0. The third kappa shape index (κ3) is 11.3. The van der Waals surface area contributed by atoms with E-state index in [1.165, 1.54) is 55.5 Å². The van der Waals surface area contributed by atoms with Crippen LogP contribution in [0.4, 0.5) is 0 Å². The van der Waals surface area contributed by atoms with Crippen LogP contribution in [0, 0.1) is 61.7 Å². The van der Waals surface area contributed by atoms with Crippen LogP contribution in [0.25, 0.3) is 0 Å². The first-order valence-electron chi connectivity index (χ1n) is 19.3. The second kappa shape index (κ2) is 23.3. The zero-order valence-electron chi connectivity index (χ0n) is 33.4. The van der Waals surface area contributed by atoms with E-state index in [2.05, 4.69) is 259 Å². The maximum absolute atomic E-state index is 2.32. The molecular formula is C52H50FeN2P2Rh+2. The van der Waals surface area contributed by atoms with Crippen LogP contribution in [-0.4, -0.2) is 38.0 Å². The van der Waals surface area contributed by atoms with Crippen LogP contribution < -0.4 is 21.2 Å². The Hall–Kier alpha value is -2.76. The second-order valence-corrected chi connectivity index (χ2v) is 18.7. The van der Waals surface area contributed by atoms with Gasteiger partial charge in [0.05, 0.1) is 0 Å². The van der Waals surface area contributed by atoms with Gasteiger partial charge in [0.2, 0.25) is 0 Å². The first kappa shape index (κ1) is 46.3. The normalized spacial score (nSPS) is 16.1. The summed E-state index contributed by atoms with van der Waals surface area (Å²) in [4.78, 5) is 4.63. The van der Waals surface area contributed by atoms with Gasteiger partial charge in [-0.15, -0.1) is 0 Å². The van der Waals surface area contributed by atoms with Gasteiger partial charge in [-0.1, -0.05) is 182 Å². The zero-order chi connectivity index (χ0) is 38.7. The van der Waals surface area contributed by atoms with Crippen LogP contribution in [0.3, 0.4) is 0 Å². The standard InChI is InChI=1S/2C26H25NP.Fe.Rh/c2*1-27(2)26(21-13-6-3-7-14-21)24-19-12-20-25(24)28(22-15-8-4-9-16-22)23-17-10-5-11-18-23;;/h2*3-20,26H,1-2H3;;/q;;;+2. The first-order valence-corrected chi connectivity index (χ1v) is 21.9. The molecule has 2 saturated carbocycles. The molecule has 0 bridgehead atoms. The average molecular weight is 924 g/mol. The molecule has 0 heterocycles. The molecule has 2 aliphatic carbocycles. The van der Waals surface area contributed by atoms with Gasteiger partial charge in [-0.2, -0.15) is 0 Å². The second-order valence-electron chi connectivity index (χ2n) is 14.3. The van der Waals surface area contributed by atoms with Gasteiger partial charge in [0.15, 0.2) is 0 Å². The fraction of sp³-hybridized carbons (Fsp3) is 0.115. The molecule has 2 fully saturated rings. The molecular weight excluding hydrogens is 873 g/mol. The molecule has 293 valence electrons. The summed E-state index contributed by atoms with van der Waals surface area (Å²) < 4.78 is 0. The maximum Gasteiger partial charge on any atom is 2.00 e. The van der Waals surface area contributed by atoms with Crippen molar-refractivity contribution in [3.05, 3.63) is 255 Å². The quantitative estimate of drug-likeness (QED) is 0.0892. The Balaban J connectivity index is 0.000000214. The van der Waals surface area contributed by atoms with Gasteiger partial charge in [0.25, 0.3) is 0 Å². The molecule has 2 atom stereocenters. The Labute approximate surface area is 376 Å². The Kier molecular flexibility index (Phi) is 18.6. The maximum atomic E-state index is 2.32. The largest absolute Gasteiger partial charge is 2.00 e. The minimum absolute atomic E-state index is 0. The minimum atomic E-state index is -0.604. The van der Waals surface area contributed by atoms with E-state index in [9.17, 15) is 0 Å². The van der Waals surface area contributed by atoms with Crippen molar-refractivity contribution in [1.29, 1.82) is 0 Å². The predicted molar refractivity (Wildman–Crippen MR) is 243 cm³/mol. The van der Waals surface area contributed by atoms with Crippen molar-refractivity contribution >= 4 is 37.1 Å². The average Bonchev–Trinajstić information content (AvgIpc) is 3.91. The van der Waals surface area contributed by atoms with E-state index in [0.29, 0.717) is 0 Å². The molecule has 6 aromatic rings. The number of nitrogens with zero attached hydrogens (tertiary/aromatic N) is 2. The third-order valence-corrected chi connectivity index (χ3v) is 15.1. The van der Waals surface area contributed by atoms with Gasteiger partial charge >= 0.3 is 19.5 Å². The van der Waals surface area contributed by atoms with Crippen LogP contribution >= 0.6 is 15.8 Å². The fourth-order valence-electron chi connectivity index (χ4n) is 7.66. The van der Waals surface area contributed by atoms with E-state index >= 15 is 0 Å². The van der Waals surface area contributed by atoms with Gasteiger partial charge in [-0.3, -0.25) is 0 Å². The molecule has 0 amide bonds. The summed E-state index contributed by atoms with van der Waals surface area (Å²) >= 11 is 0. The molecule has 58 heavy (non-hydrogen) atoms. The Morgan fingerprint density at radius 1 is 0.345 bits per heavy atom. The topological polar surface area (TPSA) is 6.48 Å². The van der Waals surface area contributed by atoms with Crippen molar-refractivity contribution in [3.63, 3.8) is 0 Å². The Morgan fingerprint density at radius 3 is 0.828 bits per heavy atom. The SMILES string of the molecule is CN(C)C([C]1[CH][CH][CH][C]1P(c1ccccc1)c1ccccc1)c1ccccc1.CN(C)C([C]1[CH][CH][CH][C]1P(c1ccccc1)c1ccccc1)c1ccccc1.[Fe].[Rh+2]. The summed E-state index contributed by atoms with van der Waals surface area (Å²) in [5, 5.41) is 5.56. The Morgan fingerprint density at radius 2 is 0.586 bits per heavy atom. The predicted octanol–water partition coefficient (Wildman–Crippen LogP) is 10.3. The smallest absolute Gasteiger partial charge is 0.302 e. The molecule has 6 heteroatoms. The van der Waals surface area contributed by atoms with E-state index in [-0.39, 0.29) is 48.6 Å². The molecule has 2 unspecified atom stereocenters. The minimum Gasteiger partial charge on any atom is -0.302 e. The van der Waals surface area contributed by atoms with Crippen molar-refractivity contribution < 1.29 is 36.5 Å². The van der Waals surface area contributed by atoms with Crippen molar-refractivity contribution in [2.45, 2.75) is 12.1 Å². The summed E-state index contributed by atoms with van der Waals surface area (Å²) in [5.74, 6) is 2.80. The van der Waals surface area contributed by atoms with E-state index < -0.39 is 15.8 Å². The zero-order valence-corrected chi connectivity index (χ0v) is 37.9. The van der Waals surface area contributed by atoms with E-state index in [4.69, 9.17) is 0 Å². The van der Waals surface area contributed by atoms with Crippen LogP contribution in [0.1, 0.15) is 23.2 Å². The summed E-state index contributed by atoms with van der Waals surface area (Å²) in [6.07, 6.45) is 13.7. The monoisotopic (exact) mass is 923 g/mol. The van der Waals surface area contributed by atoms with E-state index in [0.717, 1.165) is 0 Å². The van der Waals surface area contributed by atoms with Crippen LogP contribution in [0.2, 0.25) is 0 Å². The number of benzene rings is 6. The molecule has 0 aliphatic heterocycles. The number of hydrogen-bond donors (Lipinski definition) is 0. The van der Waals surface area contributed by atoms with Crippen molar-refractivity contribution in [2.75, 3.05) is 28.2 Å². The molecule has 0 aromatic heterocycles. The number of rotatable bonds is 12. The molecule has 0 spiro atoms. The van der Waals surface area contributed by atoms with Gasteiger partial charge in [-0.25, -0.2) is 0 Å². The Bertz CT molecular complexity index is 1780. The summed E-state index contributed by atoms with van der Waals surface area (Å²) in [7, 11) is 7.47. The molecule has 11 radical (unpaired) electrons. The fourth-order valence-corrected chi connectivity index (χ4v) is 12.6. The molecule has 6 aromatic carbocycles. The van der Waals surface area contributed by atoms with Crippen molar-refractivity contribution in [2.24, 2.45) is 0 Å². The molecule has 8 rings (SSSR count). The summed E-state index contributed by atoms with van der Waals surface area (Å²) in [6.45, 7) is 0. The summed E-state index contributed by atoms with van der Waals surface area (Å²) in [5.41, 5.74) is 5.54. The molecule has 2 aliphatic rings. The van der Waals surface area contributed by atoms with Crippen LogP contribution in [-0.2, 0) is 36.5 Å². The van der Waals surface area contributed by atoms with Crippen LogP contribution in [0.5, 0.6) is 0 Å². The first-order chi connectivity index (χ1) is 27.5. The molecule has 0 saturated heterocycles. The van der Waals surface area contributed by atoms with Crippen molar-refractivity contribution in [3.8, 4) is 0 Å². The molecule has 0 N–H and O–H groups in total. The van der Waals surface area contributed by atoms with Crippen molar-refractivity contribution in [1.82, 2.24) is 9.80 Å². The van der Waals surface area contributed by atoms with E-state index in [1.54, 1.807) is 0 Å². The van der Waals surface area contributed by atoms with Gasteiger partial charge < -0.3 is 9.80 Å².